The zero-order valence-corrected chi connectivity index (χ0v) is 7.22. The van der Waals surface area contributed by atoms with E-state index in [-0.39, 0.29) is 0 Å². The molecule has 57 valence electrons. The summed E-state index contributed by atoms with van der Waals surface area (Å²) < 4.78 is 0. The first-order valence-electron chi connectivity index (χ1n) is 3.88. The van der Waals surface area contributed by atoms with Crippen molar-refractivity contribution < 1.29 is 0 Å². The second-order valence-corrected chi connectivity index (χ2v) is 3.12. The minimum Gasteiger partial charge on any atom is -0.0843 e. The number of hydrogen-bond acceptors (Lipinski definition) is 0. The molecule has 0 rings (SSSR count). The first-order chi connectivity index (χ1) is 4.63. The van der Waals surface area contributed by atoms with E-state index in [1.54, 1.807) is 0 Å². The summed E-state index contributed by atoms with van der Waals surface area (Å²) in [7, 11) is 0. The highest BCUT2D eigenvalue weighted by Crippen LogP contribution is 2.04. The van der Waals surface area contributed by atoms with Crippen molar-refractivity contribution in [3.8, 4) is 0 Å². The Balaban J connectivity index is 3.27. The van der Waals surface area contributed by atoms with Gasteiger partial charge in [-0.05, 0) is 25.7 Å². The van der Waals surface area contributed by atoms with Crippen LogP contribution in [0.2, 0.25) is 0 Å². The lowest BCUT2D eigenvalue weighted by molar-refractivity contribution is 0.594. The number of rotatable bonds is 4. The van der Waals surface area contributed by atoms with Crippen LogP contribution in [0.1, 0.15) is 33.6 Å². The van der Waals surface area contributed by atoms with Crippen LogP contribution in [0.3, 0.4) is 0 Å². The Hall–Kier alpha value is -0.520. The van der Waals surface area contributed by atoms with Gasteiger partial charge >= 0.3 is 0 Å². The van der Waals surface area contributed by atoms with E-state index in [2.05, 4.69) is 19.9 Å². The quantitative estimate of drug-likeness (QED) is 0.521. The maximum absolute atomic E-state index is 5.44. The Kier molecular flexibility index (Phi) is 5.00. The van der Waals surface area contributed by atoms with Crippen molar-refractivity contribution in [3.05, 3.63) is 24.3 Å². The van der Waals surface area contributed by atoms with Gasteiger partial charge in [0, 0.05) is 0 Å². The Morgan fingerprint density at radius 3 is 2.50 bits per heavy atom. The van der Waals surface area contributed by atoms with E-state index in [1.807, 2.05) is 13.0 Å². The van der Waals surface area contributed by atoms with Crippen LogP contribution >= 0.6 is 0 Å². The summed E-state index contributed by atoms with van der Waals surface area (Å²) in [5, 5.41) is 0. The highest BCUT2D eigenvalue weighted by atomic mass is 13.9. The third-order valence-corrected chi connectivity index (χ3v) is 1.29. The lowest BCUT2D eigenvalue weighted by atomic mass is 10.1. The standard InChI is InChI=1S/C10H17/c1-9(2)7-5-6-8-10(3)4/h1,5,7,10H,6,8H2,2-4H3/b7-5+,9-1?. The van der Waals surface area contributed by atoms with Crippen molar-refractivity contribution in [3.63, 3.8) is 0 Å². The van der Waals surface area contributed by atoms with Gasteiger partial charge < -0.3 is 0 Å². The van der Waals surface area contributed by atoms with E-state index in [9.17, 15) is 0 Å². The lowest BCUT2D eigenvalue weighted by Crippen LogP contribution is -1.83. The molecule has 0 atom stereocenters. The SMILES string of the molecule is [CH]=C(C)/C=C/CCC(C)C. The van der Waals surface area contributed by atoms with Crippen molar-refractivity contribution in [1.82, 2.24) is 0 Å². The Morgan fingerprint density at radius 1 is 1.50 bits per heavy atom. The van der Waals surface area contributed by atoms with E-state index < -0.39 is 0 Å². The predicted octanol–water partition coefficient (Wildman–Crippen LogP) is 3.36. The van der Waals surface area contributed by atoms with Crippen molar-refractivity contribution in [2.75, 3.05) is 0 Å². The molecule has 0 aliphatic carbocycles. The molecule has 0 heterocycles. The minimum atomic E-state index is 0.794. The summed E-state index contributed by atoms with van der Waals surface area (Å²) in [5.74, 6) is 0.794. The second-order valence-electron chi connectivity index (χ2n) is 3.12. The average molecular weight is 137 g/mol. The fourth-order valence-corrected chi connectivity index (χ4v) is 0.699. The van der Waals surface area contributed by atoms with Crippen LogP contribution in [0.15, 0.2) is 17.7 Å². The number of hydrogen-bond donors (Lipinski definition) is 0. The number of allylic oxidation sites excluding steroid dienone is 3. The molecule has 0 unspecified atom stereocenters. The van der Waals surface area contributed by atoms with Crippen LogP contribution in [0.5, 0.6) is 0 Å². The maximum Gasteiger partial charge on any atom is -0.0345 e. The molecule has 0 saturated carbocycles. The molecule has 0 saturated heterocycles. The van der Waals surface area contributed by atoms with E-state index in [4.69, 9.17) is 6.58 Å². The van der Waals surface area contributed by atoms with E-state index >= 15 is 0 Å². The van der Waals surface area contributed by atoms with Gasteiger partial charge in [-0.1, -0.05) is 38.2 Å². The highest BCUT2D eigenvalue weighted by molar-refractivity contribution is 5.08. The molecule has 10 heavy (non-hydrogen) atoms. The Labute approximate surface area is 64.6 Å². The van der Waals surface area contributed by atoms with Gasteiger partial charge in [-0.3, -0.25) is 0 Å². The van der Waals surface area contributed by atoms with Crippen LogP contribution in [-0.4, -0.2) is 0 Å². The molecule has 0 fully saturated rings. The molecule has 0 bridgehead atoms. The van der Waals surface area contributed by atoms with E-state index in [1.165, 1.54) is 6.42 Å². The maximum atomic E-state index is 5.44. The third kappa shape index (κ3) is 7.48. The van der Waals surface area contributed by atoms with Crippen LogP contribution in [-0.2, 0) is 0 Å². The van der Waals surface area contributed by atoms with Gasteiger partial charge in [0.25, 0.3) is 0 Å². The molecule has 0 N–H and O–H groups in total. The molecule has 0 heteroatoms. The predicted molar refractivity (Wildman–Crippen MR) is 46.7 cm³/mol. The molecule has 0 aromatic heterocycles. The summed E-state index contributed by atoms with van der Waals surface area (Å²) >= 11 is 0. The molecule has 0 aliphatic heterocycles. The fourth-order valence-electron chi connectivity index (χ4n) is 0.699. The van der Waals surface area contributed by atoms with Crippen molar-refractivity contribution in [2.45, 2.75) is 33.6 Å². The lowest BCUT2D eigenvalue weighted by Gasteiger charge is -1.98. The molecule has 0 spiro atoms. The van der Waals surface area contributed by atoms with Gasteiger partial charge in [0.05, 0.1) is 0 Å². The van der Waals surface area contributed by atoms with Crippen molar-refractivity contribution >= 4 is 0 Å². The third-order valence-electron chi connectivity index (χ3n) is 1.29. The zero-order valence-electron chi connectivity index (χ0n) is 7.22. The van der Waals surface area contributed by atoms with Gasteiger partial charge in [-0.2, -0.15) is 0 Å². The summed E-state index contributed by atoms with van der Waals surface area (Å²) in [6, 6.07) is 0. The van der Waals surface area contributed by atoms with Crippen LogP contribution in [0, 0.1) is 12.5 Å². The van der Waals surface area contributed by atoms with Crippen molar-refractivity contribution in [1.29, 1.82) is 0 Å². The normalized spacial score (nSPS) is 11.2. The van der Waals surface area contributed by atoms with Gasteiger partial charge in [0.1, 0.15) is 0 Å². The molecule has 0 aromatic rings. The van der Waals surface area contributed by atoms with Gasteiger partial charge in [-0.25, -0.2) is 0 Å². The zero-order chi connectivity index (χ0) is 7.98. The summed E-state index contributed by atoms with van der Waals surface area (Å²) in [6.07, 6.45) is 6.51. The second kappa shape index (κ2) is 5.28. The monoisotopic (exact) mass is 137 g/mol. The average Bonchev–Trinajstić information content (AvgIpc) is 1.79. The molecular weight excluding hydrogens is 120 g/mol. The summed E-state index contributed by atoms with van der Waals surface area (Å²) in [4.78, 5) is 0. The van der Waals surface area contributed by atoms with Gasteiger partial charge in [0.15, 0.2) is 0 Å². The molecule has 0 aromatic carbocycles. The summed E-state index contributed by atoms with van der Waals surface area (Å²) in [5.41, 5.74) is 0.892. The molecule has 1 radical (unpaired) electrons. The molecule has 0 aliphatic rings. The summed E-state index contributed by atoms with van der Waals surface area (Å²) in [6.45, 7) is 11.8. The van der Waals surface area contributed by atoms with E-state index in [0.717, 1.165) is 17.9 Å². The van der Waals surface area contributed by atoms with Gasteiger partial charge in [0.2, 0.25) is 0 Å². The van der Waals surface area contributed by atoms with Gasteiger partial charge in [-0.15, -0.1) is 0 Å². The molecular formula is C10H17. The topological polar surface area (TPSA) is 0 Å². The minimum absolute atomic E-state index is 0.794. The first-order valence-corrected chi connectivity index (χ1v) is 3.88. The Bertz CT molecular complexity index is 118. The van der Waals surface area contributed by atoms with Crippen LogP contribution in [0.25, 0.3) is 0 Å². The smallest absolute Gasteiger partial charge is 0.0345 e. The first kappa shape index (κ1) is 9.48. The molecule has 0 nitrogen and oxygen atoms in total. The highest BCUT2D eigenvalue weighted by Gasteiger charge is 1.88. The Morgan fingerprint density at radius 2 is 2.10 bits per heavy atom. The van der Waals surface area contributed by atoms with Crippen molar-refractivity contribution in [2.24, 2.45) is 5.92 Å². The van der Waals surface area contributed by atoms with E-state index in [0.29, 0.717) is 0 Å². The fraction of sp³-hybridized carbons (Fsp3) is 0.600. The molecule has 0 amide bonds. The largest absolute Gasteiger partial charge is 0.0843 e. The van der Waals surface area contributed by atoms with Crippen LogP contribution < -0.4 is 0 Å². The van der Waals surface area contributed by atoms with Crippen LogP contribution in [0.4, 0.5) is 0 Å².